The van der Waals surface area contributed by atoms with E-state index >= 15 is 0 Å². The molecule has 17 heteroatoms. The number of rotatable bonds is 9. The Bertz CT molecular complexity index is 1490. The Hall–Kier alpha value is -4.70. The predicted molar refractivity (Wildman–Crippen MR) is 133 cm³/mol. The van der Waals surface area contributed by atoms with Gasteiger partial charge in [-0.2, -0.15) is 19.9 Å². The lowest BCUT2D eigenvalue weighted by molar-refractivity contribution is -0.143. The molecule has 195 valence electrons. The highest BCUT2D eigenvalue weighted by molar-refractivity contribution is 5.75. The first-order chi connectivity index (χ1) is 17.2. The van der Waals surface area contributed by atoms with Crippen LogP contribution >= 0.6 is 0 Å². The van der Waals surface area contributed by atoms with Gasteiger partial charge in [0.25, 0.3) is 0 Å². The van der Waals surface area contributed by atoms with E-state index in [1.165, 1.54) is 8.80 Å². The molecule has 0 bridgehead atoms. The van der Waals surface area contributed by atoms with Crippen molar-refractivity contribution in [3.05, 3.63) is 45.8 Å². The van der Waals surface area contributed by atoms with Gasteiger partial charge in [0.05, 0.1) is 6.61 Å². The third kappa shape index (κ3) is 7.39. The van der Waals surface area contributed by atoms with Gasteiger partial charge in [-0.05, 0) is 19.8 Å². The molecule has 4 aromatic rings. The van der Waals surface area contributed by atoms with Crippen LogP contribution in [0.15, 0.2) is 34.4 Å². The molecule has 3 radical (unpaired) electrons. The minimum atomic E-state index is -0.471. The average molecular weight is 512 g/mol. The average Bonchev–Trinajstić information content (AvgIpc) is 3.39. The molecule has 0 saturated carbocycles. The number of esters is 1. The fraction of sp³-hybridized carbons (Fsp3) is 0.400. The maximum atomic E-state index is 11.5. The zero-order chi connectivity index (χ0) is 26.2. The fourth-order valence-corrected chi connectivity index (χ4v) is 3.33. The Morgan fingerprint density at radius 1 is 0.811 bits per heavy atom. The Balaban J connectivity index is 0.000000255. The van der Waals surface area contributed by atoms with Gasteiger partial charge in [-0.25, -0.2) is 18.4 Å². The first-order valence-electron chi connectivity index (χ1n) is 11.1. The Morgan fingerprint density at radius 3 is 1.70 bits per heavy atom. The van der Waals surface area contributed by atoms with Crippen molar-refractivity contribution >= 4 is 43.7 Å². The Morgan fingerprint density at radius 2 is 1.27 bits per heavy atom. The first kappa shape index (κ1) is 28.5. The molecule has 0 aliphatic carbocycles. The second-order valence-corrected chi connectivity index (χ2v) is 7.53. The summed E-state index contributed by atoms with van der Waals surface area (Å²) in [5.74, 6) is 0.117. The van der Waals surface area contributed by atoms with Gasteiger partial charge in [-0.1, -0.05) is 0 Å². The van der Waals surface area contributed by atoms with Gasteiger partial charge < -0.3 is 31.1 Å². The highest BCUT2D eigenvalue weighted by Crippen LogP contribution is 2.05. The number of carbonyl (C=O) groups is 2. The number of hydrogen-bond donors (Lipinski definition) is 3. The van der Waals surface area contributed by atoms with E-state index in [1.54, 1.807) is 40.8 Å². The van der Waals surface area contributed by atoms with Crippen molar-refractivity contribution in [2.75, 3.05) is 18.1 Å². The lowest BCUT2D eigenvalue weighted by Crippen LogP contribution is -2.20. The number of imidazole rings is 2. The smallest absolute Gasteiger partial charge is 0.357 e. The molecule has 16 nitrogen and oxygen atoms in total. The van der Waals surface area contributed by atoms with Gasteiger partial charge >= 0.3 is 17.3 Å². The number of nitrogens with two attached hydrogens (primary N) is 3. The molecule has 6 N–H and O–H groups in total. The van der Waals surface area contributed by atoms with Crippen LogP contribution in [-0.4, -0.2) is 64.8 Å². The summed E-state index contributed by atoms with van der Waals surface area (Å²) in [6, 6.07) is 0. The van der Waals surface area contributed by atoms with Crippen molar-refractivity contribution in [1.29, 1.82) is 0 Å². The lowest BCUT2D eigenvalue weighted by atomic mass is 10.3. The molecule has 0 unspecified atom stereocenters. The van der Waals surface area contributed by atoms with Crippen LogP contribution in [0.5, 0.6) is 0 Å². The molecular formula is C20H27BN11O5. The van der Waals surface area contributed by atoms with Gasteiger partial charge in [0, 0.05) is 59.1 Å². The van der Waals surface area contributed by atoms with Gasteiger partial charge in [0.2, 0.25) is 29.4 Å². The number of ether oxygens (including phenoxy) is 1. The summed E-state index contributed by atoms with van der Waals surface area (Å²) in [6.45, 7) is 3.23. The quantitative estimate of drug-likeness (QED) is 0.167. The van der Waals surface area contributed by atoms with Crippen molar-refractivity contribution < 1.29 is 14.3 Å². The summed E-state index contributed by atoms with van der Waals surface area (Å²) >= 11 is 0. The molecule has 4 aromatic heterocycles. The van der Waals surface area contributed by atoms with E-state index in [4.69, 9.17) is 21.9 Å². The van der Waals surface area contributed by atoms with Crippen LogP contribution in [0, 0.1) is 0 Å². The monoisotopic (exact) mass is 512 g/mol. The van der Waals surface area contributed by atoms with Crippen LogP contribution in [-0.2, 0) is 27.4 Å². The van der Waals surface area contributed by atoms with Crippen molar-refractivity contribution in [2.24, 2.45) is 5.73 Å². The van der Waals surface area contributed by atoms with Crippen LogP contribution in [0.25, 0.3) is 11.6 Å². The van der Waals surface area contributed by atoms with Crippen LogP contribution in [0.3, 0.4) is 0 Å². The second-order valence-electron chi connectivity index (χ2n) is 7.53. The fourth-order valence-electron chi connectivity index (χ4n) is 3.33. The first-order valence-corrected chi connectivity index (χ1v) is 11.1. The Labute approximate surface area is 211 Å². The molecular weight excluding hydrogens is 485 g/mol. The van der Waals surface area contributed by atoms with Gasteiger partial charge in [0.15, 0.2) is 0 Å². The van der Waals surface area contributed by atoms with Crippen LogP contribution in [0.2, 0.25) is 0 Å². The number of amides is 1. The normalized spacial score (nSPS) is 10.5. The van der Waals surface area contributed by atoms with Crippen molar-refractivity contribution in [1.82, 2.24) is 37.9 Å². The van der Waals surface area contributed by atoms with Crippen molar-refractivity contribution in [3.63, 3.8) is 0 Å². The molecule has 4 rings (SSSR count). The van der Waals surface area contributed by atoms with E-state index in [0.717, 1.165) is 0 Å². The summed E-state index contributed by atoms with van der Waals surface area (Å²) in [6.07, 6.45) is 8.31. The lowest BCUT2D eigenvalue weighted by Gasteiger charge is -2.04. The van der Waals surface area contributed by atoms with Crippen LogP contribution in [0.4, 0.5) is 11.9 Å². The summed E-state index contributed by atoms with van der Waals surface area (Å²) in [7, 11) is 0. The molecule has 0 aromatic carbocycles. The number of nitrogen functional groups attached to an aromatic ring is 2. The summed E-state index contributed by atoms with van der Waals surface area (Å²) in [5.41, 5.74) is 15.0. The van der Waals surface area contributed by atoms with Gasteiger partial charge in [0.1, 0.15) is 0 Å². The number of carbonyl (C=O) groups excluding carboxylic acids is 2. The van der Waals surface area contributed by atoms with Crippen LogP contribution < -0.4 is 28.6 Å². The molecule has 4 heterocycles. The molecule has 0 aliphatic heterocycles. The number of fused-ring (bicyclic) bond motifs is 2. The highest BCUT2D eigenvalue weighted by Gasteiger charge is 2.08. The predicted octanol–water partition coefficient (Wildman–Crippen LogP) is -1.83. The van der Waals surface area contributed by atoms with E-state index in [9.17, 15) is 19.2 Å². The van der Waals surface area contributed by atoms with Crippen LogP contribution in [0.1, 0.15) is 32.6 Å². The van der Waals surface area contributed by atoms with Crippen molar-refractivity contribution in [2.45, 2.75) is 45.7 Å². The number of nitrogens with zero attached hydrogens (tertiary/aromatic N) is 8. The number of aromatic nitrogens is 8. The minimum absolute atomic E-state index is 0. The molecule has 1 amide bonds. The van der Waals surface area contributed by atoms with E-state index < -0.39 is 11.4 Å². The third-order valence-corrected chi connectivity index (χ3v) is 4.91. The number of aryl methyl sites for hydroxylation is 2. The van der Waals surface area contributed by atoms with Gasteiger partial charge in [-0.3, -0.25) is 9.59 Å². The molecule has 0 saturated heterocycles. The van der Waals surface area contributed by atoms with Crippen molar-refractivity contribution in [3.8, 4) is 0 Å². The zero-order valence-electron chi connectivity index (χ0n) is 20.2. The summed E-state index contributed by atoms with van der Waals surface area (Å²) in [4.78, 5) is 59.8. The zero-order valence-corrected chi connectivity index (χ0v) is 20.2. The summed E-state index contributed by atoms with van der Waals surface area (Å²) in [5, 5.41) is 0. The molecule has 0 spiro atoms. The number of hydrogen-bond acceptors (Lipinski definition) is 11. The number of anilines is 2. The standard InChI is InChI=1S/C11H15N5O3.C9H12N6O2.B/c1-2-19-8(17)4-3-5-15-6-7-16-10(15)13-9(12)14-11(16)18;10-6(16)2-1-3-14-4-5-15-8(14)12-7(11)13-9(15)17;/h6-7H,2-5H2,1H3,(H2,12,14,18);4-5H,1-3H2,(H2,10,16)(H2,11,13,17);. The maximum Gasteiger partial charge on any atom is 0.357 e. The molecule has 0 fully saturated rings. The van der Waals surface area contributed by atoms with E-state index in [0.29, 0.717) is 50.5 Å². The molecule has 0 atom stereocenters. The maximum absolute atomic E-state index is 11.5. The second kappa shape index (κ2) is 12.8. The van der Waals surface area contributed by atoms with E-state index in [-0.39, 0.29) is 38.6 Å². The highest BCUT2D eigenvalue weighted by atomic mass is 16.5. The van der Waals surface area contributed by atoms with Gasteiger partial charge in [-0.15, -0.1) is 0 Å². The SMILES string of the molecule is CCOC(=O)CCCn1ccn2c(=O)nc(N)nc12.NC(=O)CCCn1ccn2c(=O)nc(N)nc12.[B]. The summed E-state index contributed by atoms with van der Waals surface area (Å²) < 4.78 is 10.9. The largest absolute Gasteiger partial charge is 0.466 e. The minimum Gasteiger partial charge on any atom is -0.466 e. The van der Waals surface area contributed by atoms with E-state index in [2.05, 4.69) is 19.9 Å². The molecule has 0 aliphatic rings. The third-order valence-electron chi connectivity index (χ3n) is 4.91. The van der Waals surface area contributed by atoms with E-state index in [1.807, 2.05) is 0 Å². The topological polar surface area (TPSA) is 226 Å². The molecule has 37 heavy (non-hydrogen) atoms. The Kier molecular flexibility index (Phi) is 9.91. The number of primary amides is 1.